The van der Waals surface area contributed by atoms with Crippen LogP contribution in [0.15, 0.2) is 36.4 Å². The molecule has 7 heteroatoms. The fourth-order valence-corrected chi connectivity index (χ4v) is 4.00. The van der Waals surface area contributed by atoms with Gasteiger partial charge in [-0.05, 0) is 59.4 Å². The zero-order chi connectivity index (χ0) is 21.3. The van der Waals surface area contributed by atoms with Crippen LogP contribution in [0.4, 0.5) is 17.1 Å². The van der Waals surface area contributed by atoms with Gasteiger partial charge in [0.25, 0.3) is 0 Å². The van der Waals surface area contributed by atoms with E-state index in [1.165, 1.54) is 0 Å². The van der Waals surface area contributed by atoms with E-state index in [1.807, 2.05) is 32.3 Å². The molecule has 7 nitrogen and oxygen atoms in total. The van der Waals surface area contributed by atoms with Crippen LogP contribution in [0.3, 0.4) is 0 Å². The lowest BCUT2D eigenvalue weighted by atomic mass is 9.99. The van der Waals surface area contributed by atoms with Gasteiger partial charge in [-0.25, -0.2) is 0 Å². The normalized spacial score (nSPS) is 12.3. The van der Waals surface area contributed by atoms with Gasteiger partial charge in [-0.2, -0.15) is 5.10 Å². The van der Waals surface area contributed by atoms with Crippen molar-refractivity contribution in [3.8, 4) is 11.3 Å². The van der Waals surface area contributed by atoms with Gasteiger partial charge in [-0.15, -0.1) is 0 Å². The third kappa shape index (κ3) is 3.78. The molecule has 1 N–H and O–H groups in total. The summed E-state index contributed by atoms with van der Waals surface area (Å²) >= 11 is 0. The van der Waals surface area contributed by atoms with E-state index in [2.05, 4.69) is 52.1 Å². The summed E-state index contributed by atoms with van der Waals surface area (Å²) in [6.07, 6.45) is 1.85. The lowest BCUT2D eigenvalue weighted by molar-refractivity contribution is -0.107. The Kier molecular flexibility index (Phi) is 5.74. The van der Waals surface area contributed by atoms with E-state index in [0.29, 0.717) is 6.54 Å². The molecular weight excluding hydrogens is 376 g/mol. The molecule has 2 heterocycles. The van der Waals surface area contributed by atoms with E-state index in [4.69, 9.17) is 5.10 Å². The van der Waals surface area contributed by atoms with Crippen LogP contribution >= 0.6 is 0 Å². The molecule has 0 bridgehead atoms. The molecule has 0 atom stereocenters. The van der Waals surface area contributed by atoms with E-state index < -0.39 is 0 Å². The summed E-state index contributed by atoms with van der Waals surface area (Å²) in [5.41, 5.74) is 6.06. The zero-order valence-corrected chi connectivity index (χ0v) is 18.2. The van der Waals surface area contributed by atoms with Gasteiger partial charge in [0.15, 0.2) is 0 Å². The number of nitrogens with zero attached hydrogens (tertiary/aromatic N) is 5. The smallest absolute Gasteiger partial charge is 0.214 e. The highest BCUT2D eigenvalue weighted by Crippen LogP contribution is 2.47. The first-order chi connectivity index (χ1) is 14.5. The van der Waals surface area contributed by atoms with Gasteiger partial charge in [-0.1, -0.05) is 18.2 Å². The maximum atomic E-state index is 12.0. The lowest BCUT2D eigenvalue weighted by Gasteiger charge is -2.26. The van der Waals surface area contributed by atoms with Gasteiger partial charge in [-0.3, -0.25) is 9.48 Å². The minimum Gasteiger partial charge on any atom is -0.353 e. The van der Waals surface area contributed by atoms with Crippen LogP contribution in [-0.2, 0) is 11.3 Å². The lowest BCUT2D eigenvalue weighted by Crippen LogP contribution is -2.26. The molecule has 0 aliphatic carbocycles. The molecule has 0 saturated carbocycles. The third-order valence-electron chi connectivity index (χ3n) is 5.54. The topological polar surface area (TPSA) is 56.6 Å². The van der Waals surface area contributed by atoms with Crippen molar-refractivity contribution in [1.82, 2.24) is 19.6 Å². The standard InChI is InChI=1S/C23H30N6O/c1-26(2)12-7-13-28(16-30)20-11-10-19-21-22(25-29(19)15-14-27(3)4)17-8-5-6-9-18(17)24-23(20)21/h5-6,8-11,16,24H,7,12-15H2,1-4H3. The van der Waals surface area contributed by atoms with E-state index in [9.17, 15) is 4.79 Å². The average Bonchev–Trinajstić information content (AvgIpc) is 3.10. The molecule has 158 valence electrons. The van der Waals surface area contributed by atoms with E-state index >= 15 is 0 Å². The summed E-state index contributed by atoms with van der Waals surface area (Å²) in [6, 6.07) is 12.4. The van der Waals surface area contributed by atoms with Gasteiger partial charge in [0.2, 0.25) is 6.41 Å². The van der Waals surface area contributed by atoms with Gasteiger partial charge in [0, 0.05) is 24.3 Å². The molecule has 30 heavy (non-hydrogen) atoms. The second kappa shape index (κ2) is 8.45. The fraction of sp³-hybridized carbons (Fsp3) is 0.391. The Morgan fingerprint density at radius 2 is 1.77 bits per heavy atom. The molecule has 1 aliphatic rings. The molecule has 2 aromatic carbocycles. The van der Waals surface area contributed by atoms with Crippen molar-refractivity contribution in [2.24, 2.45) is 0 Å². The quantitative estimate of drug-likeness (QED) is 0.433. The molecule has 0 radical (unpaired) electrons. The Balaban J connectivity index is 1.81. The number of hydrogen-bond donors (Lipinski definition) is 1. The highest BCUT2D eigenvalue weighted by Gasteiger charge is 2.26. The number of fused-ring (bicyclic) bond motifs is 2. The number of rotatable bonds is 9. The van der Waals surface area contributed by atoms with Gasteiger partial charge in [0.05, 0.1) is 28.8 Å². The zero-order valence-electron chi connectivity index (χ0n) is 18.2. The molecule has 1 aromatic heterocycles. The Bertz CT molecular complexity index is 1060. The Hall–Kier alpha value is -2.90. The van der Waals surface area contributed by atoms with Crippen LogP contribution in [0.2, 0.25) is 0 Å². The molecule has 0 saturated heterocycles. The van der Waals surface area contributed by atoms with Gasteiger partial charge in [0.1, 0.15) is 5.69 Å². The first kappa shape index (κ1) is 20.4. The minimum atomic E-state index is 0.674. The van der Waals surface area contributed by atoms with Crippen LogP contribution in [0, 0.1) is 0 Å². The molecule has 0 spiro atoms. The maximum absolute atomic E-state index is 12.0. The summed E-state index contributed by atoms with van der Waals surface area (Å²) in [6.45, 7) is 3.33. The number of nitrogens with one attached hydrogen (secondary N) is 1. The number of carbonyl (C=O) groups is 1. The molecule has 0 unspecified atom stereocenters. The van der Waals surface area contributed by atoms with Gasteiger partial charge >= 0.3 is 0 Å². The first-order valence-corrected chi connectivity index (χ1v) is 10.4. The van der Waals surface area contributed by atoms with Crippen molar-refractivity contribution in [2.45, 2.75) is 13.0 Å². The summed E-state index contributed by atoms with van der Waals surface area (Å²) in [5, 5.41) is 9.66. The number of anilines is 3. The van der Waals surface area contributed by atoms with Crippen LogP contribution in [0.5, 0.6) is 0 Å². The minimum absolute atomic E-state index is 0.674. The first-order valence-electron chi connectivity index (χ1n) is 10.4. The van der Waals surface area contributed by atoms with Crippen molar-refractivity contribution in [3.63, 3.8) is 0 Å². The molecule has 3 aromatic rings. The summed E-state index contributed by atoms with van der Waals surface area (Å²) in [7, 11) is 8.24. The van der Waals surface area contributed by atoms with Gasteiger partial charge < -0.3 is 20.0 Å². The predicted octanol–water partition coefficient (Wildman–Crippen LogP) is 3.24. The van der Waals surface area contributed by atoms with Crippen LogP contribution in [-0.4, -0.2) is 73.8 Å². The third-order valence-corrected chi connectivity index (χ3v) is 5.54. The van der Waals surface area contributed by atoms with Crippen molar-refractivity contribution in [3.05, 3.63) is 36.4 Å². The highest BCUT2D eigenvalue weighted by atomic mass is 16.1. The van der Waals surface area contributed by atoms with Crippen molar-refractivity contribution in [1.29, 1.82) is 0 Å². The summed E-state index contributed by atoms with van der Waals surface area (Å²) in [5.74, 6) is 0. The number of likely N-dealkylation sites (N-methyl/N-ethyl adjacent to an activating group) is 1. The predicted molar refractivity (Wildman–Crippen MR) is 124 cm³/mol. The van der Waals surface area contributed by atoms with Crippen molar-refractivity contribution in [2.75, 3.05) is 58.0 Å². The Labute approximate surface area is 177 Å². The number of carbonyl (C=O) groups excluding carboxylic acids is 1. The SMILES string of the molecule is CN(C)CCCN(C=O)c1ccc2c3c(nn2CCN(C)C)-c2ccccc2Nc13. The monoisotopic (exact) mass is 406 g/mol. The van der Waals surface area contributed by atoms with Crippen LogP contribution in [0.25, 0.3) is 22.2 Å². The largest absolute Gasteiger partial charge is 0.353 e. The number of aromatic nitrogens is 2. The Morgan fingerprint density at radius 3 is 2.50 bits per heavy atom. The van der Waals surface area contributed by atoms with E-state index in [0.717, 1.165) is 71.7 Å². The maximum Gasteiger partial charge on any atom is 0.214 e. The number of hydrogen-bond acceptors (Lipinski definition) is 5. The Morgan fingerprint density at radius 1 is 1.00 bits per heavy atom. The number of benzene rings is 2. The average molecular weight is 407 g/mol. The van der Waals surface area contributed by atoms with Crippen molar-refractivity contribution >= 4 is 34.4 Å². The number of para-hydroxylation sites is 1. The van der Waals surface area contributed by atoms with Crippen LogP contribution in [0.1, 0.15) is 6.42 Å². The summed E-state index contributed by atoms with van der Waals surface area (Å²) < 4.78 is 2.08. The molecule has 4 rings (SSSR count). The van der Waals surface area contributed by atoms with Crippen molar-refractivity contribution < 1.29 is 4.79 Å². The molecular formula is C23H30N6O. The highest BCUT2D eigenvalue weighted by molar-refractivity contribution is 6.13. The fourth-order valence-electron chi connectivity index (χ4n) is 4.00. The molecule has 1 aliphatic heterocycles. The second-order valence-electron chi connectivity index (χ2n) is 8.36. The van der Waals surface area contributed by atoms with Crippen LogP contribution < -0.4 is 10.2 Å². The van der Waals surface area contributed by atoms with E-state index in [1.54, 1.807) is 4.90 Å². The summed E-state index contributed by atoms with van der Waals surface area (Å²) in [4.78, 5) is 18.1. The number of amides is 1. The van der Waals surface area contributed by atoms with E-state index in [-0.39, 0.29) is 0 Å². The second-order valence-corrected chi connectivity index (χ2v) is 8.36. The molecule has 1 amide bonds. The molecule has 0 fully saturated rings.